The number of nitrogens with one attached hydrogen (secondary N) is 1. The maximum atomic E-state index is 10.9. The SMILES string of the molecule is [CH2]OC(=O)Nc1ccc(OCCCCC)cc1. The lowest BCUT2D eigenvalue weighted by Crippen LogP contribution is -2.09. The predicted octanol–water partition coefficient (Wildman–Crippen LogP) is 3.60. The Morgan fingerprint density at radius 3 is 2.59 bits per heavy atom. The van der Waals surface area contributed by atoms with Crippen LogP contribution in [0.1, 0.15) is 26.2 Å². The molecule has 1 aromatic carbocycles. The minimum atomic E-state index is -0.582. The molecule has 0 fully saturated rings. The number of benzene rings is 1. The first-order valence-electron chi connectivity index (χ1n) is 5.72. The number of ether oxygens (including phenoxy) is 2. The first-order valence-corrected chi connectivity index (χ1v) is 5.72. The average molecular weight is 236 g/mol. The van der Waals surface area contributed by atoms with E-state index in [1.165, 1.54) is 12.8 Å². The first kappa shape index (κ1) is 13.4. The van der Waals surface area contributed by atoms with Crippen molar-refractivity contribution in [1.82, 2.24) is 0 Å². The molecule has 0 bridgehead atoms. The van der Waals surface area contributed by atoms with Crippen LogP contribution in [0.25, 0.3) is 0 Å². The highest BCUT2D eigenvalue weighted by Crippen LogP contribution is 2.16. The summed E-state index contributed by atoms with van der Waals surface area (Å²) in [6.45, 7) is 2.88. The van der Waals surface area contributed by atoms with Gasteiger partial charge in [-0.1, -0.05) is 19.8 Å². The summed E-state index contributed by atoms with van der Waals surface area (Å²) in [5.41, 5.74) is 0.652. The quantitative estimate of drug-likeness (QED) is 0.768. The highest BCUT2D eigenvalue weighted by Gasteiger charge is 2.00. The highest BCUT2D eigenvalue weighted by atomic mass is 16.5. The van der Waals surface area contributed by atoms with Gasteiger partial charge in [-0.25, -0.2) is 4.79 Å². The van der Waals surface area contributed by atoms with E-state index < -0.39 is 6.09 Å². The lowest BCUT2D eigenvalue weighted by atomic mass is 10.2. The Hall–Kier alpha value is -1.71. The van der Waals surface area contributed by atoms with Gasteiger partial charge in [-0.2, -0.15) is 0 Å². The van der Waals surface area contributed by atoms with E-state index in [2.05, 4.69) is 24.1 Å². The molecule has 4 heteroatoms. The van der Waals surface area contributed by atoms with E-state index in [0.717, 1.165) is 18.8 Å². The van der Waals surface area contributed by atoms with Gasteiger partial charge in [0.05, 0.1) is 6.61 Å². The van der Waals surface area contributed by atoms with Gasteiger partial charge >= 0.3 is 6.09 Å². The van der Waals surface area contributed by atoms with Crippen molar-refractivity contribution >= 4 is 11.8 Å². The summed E-state index contributed by atoms with van der Waals surface area (Å²) in [7, 11) is 3.02. The maximum Gasteiger partial charge on any atom is 0.411 e. The molecule has 0 spiro atoms. The van der Waals surface area contributed by atoms with Crippen molar-refractivity contribution in [3.05, 3.63) is 31.4 Å². The molecular formula is C13H18NO3. The van der Waals surface area contributed by atoms with Crippen molar-refractivity contribution in [2.75, 3.05) is 11.9 Å². The molecule has 0 atom stereocenters. The van der Waals surface area contributed by atoms with E-state index in [1.54, 1.807) is 12.1 Å². The minimum Gasteiger partial charge on any atom is -0.494 e. The molecule has 93 valence electrons. The average Bonchev–Trinajstić information content (AvgIpc) is 2.36. The molecule has 0 saturated heterocycles. The summed E-state index contributed by atoms with van der Waals surface area (Å²) >= 11 is 0. The van der Waals surface area contributed by atoms with Crippen LogP contribution >= 0.6 is 0 Å². The van der Waals surface area contributed by atoms with Gasteiger partial charge in [0.2, 0.25) is 0 Å². The first-order chi connectivity index (χ1) is 8.26. The second kappa shape index (κ2) is 7.54. The van der Waals surface area contributed by atoms with Crippen LogP contribution in [0.3, 0.4) is 0 Å². The molecule has 4 nitrogen and oxygen atoms in total. The summed E-state index contributed by atoms with van der Waals surface area (Å²) < 4.78 is 9.78. The van der Waals surface area contributed by atoms with Crippen molar-refractivity contribution in [3.8, 4) is 5.75 Å². The van der Waals surface area contributed by atoms with Crippen LogP contribution in [0, 0.1) is 7.11 Å². The molecule has 0 unspecified atom stereocenters. The van der Waals surface area contributed by atoms with Gasteiger partial charge in [-0.3, -0.25) is 5.32 Å². The minimum absolute atomic E-state index is 0.582. The second-order valence-corrected chi connectivity index (χ2v) is 3.64. The summed E-state index contributed by atoms with van der Waals surface area (Å²) in [5, 5.41) is 2.52. The third kappa shape index (κ3) is 5.24. The van der Waals surface area contributed by atoms with E-state index >= 15 is 0 Å². The van der Waals surface area contributed by atoms with Crippen molar-refractivity contribution < 1.29 is 14.3 Å². The number of hydrogen-bond donors (Lipinski definition) is 1. The molecule has 1 amide bonds. The summed E-state index contributed by atoms with van der Waals surface area (Å²) in [4.78, 5) is 10.9. The smallest absolute Gasteiger partial charge is 0.411 e. The molecule has 1 N–H and O–H groups in total. The van der Waals surface area contributed by atoms with Crippen molar-refractivity contribution in [1.29, 1.82) is 0 Å². The Morgan fingerprint density at radius 2 is 2.00 bits per heavy atom. The molecule has 0 aromatic heterocycles. The maximum absolute atomic E-state index is 10.9. The molecule has 1 aromatic rings. The Bertz CT molecular complexity index is 335. The molecule has 1 rings (SSSR count). The lowest BCUT2D eigenvalue weighted by Gasteiger charge is -2.07. The fraction of sp³-hybridized carbons (Fsp3) is 0.385. The van der Waals surface area contributed by atoms with E-state index in [9.17, 15) is 4.79 Å². The number of anilines is 1. The largest absolute Gasteiger partial charge is 0.494 e. The fourth-order valence-electron chi connectivity index (χ4n) is 1.33. The molecule has 0 aliphatic carbocycles. The van der Waals surface area contributed by atoms with E-state index in [1.807, 2.05) is 12.1 Å². The van der Waals surface area contributed by atoms with Crippen LogP contribution in [-0.4, -0.2) is 12.7 Å². The van der Waals surface area contributed by atoms with Gasteiger partial charge in [-0.05, 0) is 30.7 Å². The lowest BCUT2D eigenvalue weighted by molar-refractivity contribution is 0.199. The van der Waals surface area contributed by atoms with Crippen LogP contribution in [-0.2, 0) is 4.74 Å². The number of unbranched alkanes of at least 4 members (excludes halogenated alkanes) is 2. The number of rotatable bonds is 6. The van der Waals surface area contributed by atoms with Crippen LogP contribution in [0.15, 0.2) is 24.3 Å². The molecule has 0 heterocycles. The zero-order valence-electron chi connectivity index (χ0n) is 10.1. The summed E-state index contributed by atoms with van der Waals surface area (Å²) in [6, 6.07) is 7.13. The zero-order chi connectivity index (χ0) is 12.5. The highest BCUT2D eigenvalue weighted by molar-refractivity contribution is 5.84. The van der Waals surface area contributed by atoms with Crippen LogP contribution < -0.4 is 10.1 Å². The summed E-state index contributed by atoms with van der Waals surface area (Å²) in [5.74, 6) is 0.801. The normalized spacial score (nSPS) is 9.76. The standard InChI is InChI=1S/C13H18NO3/c1-3-4-5-10-17-12-8-6-11(7-9-12)14-13(15)16-2/h6-9H,2-5,10H2,1H3,(H,14,15). The zero-order valence-corrected chi connectivity index (χ0v) is 10.1. The Labute approximate surface area is 102 Å². The van der Waals surface area contributed by atoms with Gasteiger partial charge in [0, 0.05) is 5.69 Å². The number of amides is 1. The molecule has 0 aliphatic heterocycles. The van der Waals surface area contributed by atoms with Crippen molar-refractivity contribution in [3.63, 3.8) is 0 Å². The number of carbonyl (C=O) groups excluding carboxylic acids is 1. The van der Waals surface area contributed by atoms with Crippen LogP contribution in [0.5, 0.6) is 5.75 Å². The van der Waals surface area contributed by atoms with Gasteiger partial charge < -0.3 is 9.47 Å². The van der Waals surface area contributed by atoms with Gasteiger partial charge in [-0.15, -0.1) is 0 Å². The Morgan fingerprint density at radius 1 is 1.29 bits per heavy atom. The van der Waals surface area contributed by atoms with Gasteiger partial charge in [0.25, 0.3) is 0 Å². The number of hydrogen-bond acceptors (Lipinski definition) is 3. The van der Waals surface area contributed by atoms with Gasteiger partial charge in [0.15, 0.2) is 0 Å². The third-order valence-corrected chi connectivity index (χ3v) is 2.25. The monoisotopic (exact) mass is 236 g/mol. The Balaban J connectivity index is 2.36. The van der Waals surface area contributed by atoms with E-state index in [4.69, 9.17) is 4.74 Å². The van der Waals surface area contributed by atoms with Crippen LogP contribution in [0.4, 0.5) is 10.5 Å². The molecule has 1 radical (unpaired) electrons. The molecule has 17 heavy (non-hydrogen) atoms. The number of carbonyl (C=O) groups is 1. The van der Waals surface area contributed by atoms with Crippen molar-refractivity contribution in [2.24, 2.45) is 0 Å². The van der Waals surface area contributed by atoms with Crippen molar-refractivity contribution in [2.45, 2.75) is 26.2 Å². The predicted molar refractivity (Wildman–Crippen MR) is 66.9 cm³/mol. The third-order valence-electron chi connectivity index (χ3n) is 2.25. The molecule has 0 aliphatic rings. The fourth-order valence-corrected chi connectivity index (χ4v) is 1.33. The summed E-state index contributed by atoms with van der Waals surface area (Å²) in [6.07, 6.45) is 2.83. The molecule has 0 saturated carbocycles. The van der Waals surface area contributed by atoms with Crippen LogP contribution in [0.2, 0.25) is 0 Å². The Kier molecular flexibility index (Phi) is 5.93. The van der Waals surface area contributed by atoms with E-state index in [-0.39, 0.29) is 0 Å². The van der Waals surface area contributed by atoms with Gasteiger partial charge in [0.1, 0.15) is 12.9 Å². The molecular weight excluding hydrogens is 218 g/mol. The second-order valence-electron chi connectivity index (χ2n) is 3.64. The van der Waals surface area contributed by atoms with E-state index in [0.29, 0.717) is 5.69 Å². The topological polar surface area (TPSA) is 47.6 Å².